The van der Waals surface area contributed by atoms with Crippen molar-refractivity contribution in [2.75, 3.05) is 12.4 Å². The van der Waals surface area contributed by atoms with Gasteiger partial charge in [0.2, 0.25) is 9.70 Å². The number of anilines is 1. The molecule has 144 valence electrons. The van der Waals surface area contributed by atoms with Crippen molar-refractivity contribution >= 4 is 69.6 Å². The highest BCUT2D eigenvalue weighted by atomic mass is 35.6. The summed E-state index contributed by atoms with van der Waals surface area (Å²) >= 11 is 29.7. The van der Waals surface area contributed by atoms with Crippen LogP contribution in [0.1, 0.15) is 13.8 Å². The third-order valence-electron chi connectivity index (χ3n) is 4.52. The van der Waals surface area contributed by atoms with Crippen LogP contribution in [0.4, 0.5) is 5.69 Å². The van der Waals surface area contributed by atoms with Crippen LogP contribution in [0.25, 0.3) is 0 Å². The fraction of sp³-hybridized carbons (Fsp3) is 0.471. The van der Waals surface area contributed by atoms with Crippen LogP contribution in [0.3, 0.4) is 0 Å². The maximum Gasteiger partial charge on any atom is 0.228 e. The number of alkyl halides is 3. The standard InChI is InChI=1S/C17H19Cl5N2O2/c1-16(2)9(8-12(18)19)13(16)14(25)24-15(17(20,21)22)23-10-6-4-5-7-11(10)26-3/h4-9,13,15,23H,1-3H3,(H,24,25)/t9-,13-,15+/m0/s1. The molecule has 0 radical (unpaired) electrons. The molecule has 3 atom stereocenters. The number of methoxy groups -OCH3 is 1. The maximum atomic E-state index is 12.7. The summed E-state index contributed by atoms with van der Waals surface area (Å²) in [6, 6.07) is 7.13. The number of hydrogen-bond acceptors (Lipinski definition) is 3. The molecule has 2 rings (SSSR count). The zero-order valence-corrected chi connectivity index (χ0v) is 18.1. The minimum absolute atomic E-state index is 0.0882. The Labute approximate surface area is 178 Å². The molecule has 4 nitrogen and oxygen atoms in total. The van der Waals surface area contributed by atoms with Gasteiger partial charge in [0.25, 0.3) is 0 Å². The lowest BCUT2D eigenvalue weighted by Gasteiger charge is -2.28. The van der Waals surface area contributed by atoms with Gasteiger partial charge in [0.15, 0.2) is 0 Å². The highest BCUT2D eigenvalue weighted by Crippen LogP contribution is 2.59. The minimum atomic E-state index is -1.79. The number of carbonyl (C=O) groups excluding carboxylic acids is 1. The van der Waals surface area contributed by atoms with Gasteiger partial charge in [0, 0.05) is 0 Å². The SMILES string of the molecule is COc1ccccc1N[C@H](NC(=O)[C@@H]1[C@H](C=C(Cl)Cl)C1(C)C)C(Cl)(Cl)Cl. The average Bonchev–Trinajstić information content (AvgIpc) is 3.05. The predicted octanol–water partition coefficient (Wildman–Crippen LogP) is 5.51. The van der Waals surface area contributed by atoms with Crippen molar-refractivity contribution in [1.82, 2.24) is 5.32 Å². The third kappa shape index (κ3) is 5.05. The number of nitrogens with one attached hydrogen (secondary N) is 2. The Balaban J connectivity index is 2.17. The number of benzene rings is 1. The van der Waals surface area contributed by atoms with E-state index in [0.717, 1.165) is 0 Å². The van der Waals surface area contributed by atoms with Crippen LogP contribution in [0, 0.1) is 17.3 Å². The number of allylic oxidation sites excluding steroid dienone is 1. The summed E-state index contributed by atoms with van der Waals surface area (Å²) in [4.78, 5) is 12.7. The number of amides is 1. The number of para-hydroxylation sites is 2. The van der Waals surface area contributed by atoms with Crippen LogP contribution in [0.15, 0.2) is 34.8 Å². The van der Waals surface area contributed by atoms with Crippen LogP contribution in [-0.4, -0.2) is 23.0 Å². The van der Waals surface area contributed by atoms with E-state index in [0.29, 0.717) is 11.4 Å². The lowest BCUT2D eigenvalue weighted by Crippen LogP contribution is -2.50. The second-order valence-corrected chi connectivity index (χ2v) is 9.99. The summed E-state index contributed by atoms with van der Waals surface area (Å²) in [6.07, 6.45) is 0.689. The predicted molar refractivity (Wildman–Crippen MR) is 109 cm³/mol. The number of hydrogen-bond donors (Lipinski definition) is 2. The fourth-order valence-electron chi connectivity index (χ4n) is 2.98. The van der Waals surface area contributed by atoms with E-state index in [2.05, 4.69) is 10.6 Å². The first-order valence-corrected chi connectivity index (χ1v) is 9.67. The second-order valence-electron chi connectivity index (χ2n) is 6.61. The lowest BCUT2D eigenvalue weighted by molar-refractivity contribution is -0.123. The van der Waals surface area contributed by atoms with E-state index >= 15 is 0 Å². The van der Waals surface area contributed by atoms with E-state index in [4.69, 9.17) is 62.7 Å². The average molecular weight is 461 g/mol. The van der Waals surface area contributed by atoms with E-state index in [1.165, 1.54) is 7.11 Å². The molecule has 9 heteroatoms. The van der Waals surface area contributed by atoms with E-state index in [9.17, 15) is 4.79 Å². The fourth-order valence-corrected chi connectivity index (χ4v) is 3.58. The molecule has 1 aromatic carbocycles. The molecular weight excluding hydrogens is 441 g/mol. The normalized spacial score (nSPS) is 22.2. The molecule has 26 heavy (non-hydrogen) atoms. The van der Waals surface area contributed by atoms with E-state index in [1.807, 2.05) is 19.9 Å². The van der Waals surface area contributed by atoms with Gasteiger partial charge in [-0.05, 0) is 29.5 Å². The highest BCUT2D eigenvalue weighted by Gasteiger charge is 2.61. The molecule has 1 aliphatic carbocycles. The van der Waals surface area contributed by atoms with Gasteiger partial charge in [0.1, 0.15) is 16.4 Å². The Bertz CT molecular complexity index is 699. The van der Waals surface area contributed by atoms with Crippen LogP contribution >= 0.6 is 58.0 Å². The third-order valence-corrected chi connectivity index (χ3v) is 5.43. The van der Waals surface area contributed by atoms with Gasteiger partial charge in [-0.15, -0.1) is 0 Å². The molecule has 0 aliphatic heterocycles. The Hall–Kier alpha value is -0.520. The lowest BCUT2D eigenvalue weighted by atomic mass is 10.1. The van der Waals surface area contributed by atoms with Gasteiger partial charge in [-0.1, -0.05) is 84.0 Å². The molecule has 1 aliphatic rings. The molecule has 0 bridgehead atoms. The smallest absolute Gasteiger partial charge is 0.228 e. The van der Waals surface area contributed by atoms with Gasteiger partial charge in [-0.25, -0.2) is 0 Å². The Morgan fingerprint density at radius 2 is 1.88 bits per heavy atom. The Morgan fingerprint density at radius 1 is 1.27 bits per heavy atom. The number of halogens is 5. The molecule has 0 saturated heterocycles. The largest absolute Gasteiger partial charge is 0.495 e. The zero-order valence-electron chi connectivity index (χ0n) is 14.3. The molecule has 1 saturated carbocycles. The van der Waals surface area contributed by atoms with Gasteiger partial charge >= 0.3 is 0 Å². The molecular formula is C17H19Cl5N2O2. The van der Waals surface area contributed by atoms with Crippen molar-refractivity contribution in [1.29, 1.82) is 0 Å². The molecule has 0 spiro atoms. The molecule has 0 heterocycles. The summed E-state index contributed by atoms with van der Waals surface area (Å²) < 4.78 is 3.62. The van der Waals surface area contributed by atoms with E-state index < -0.39 is 9.96 Å². The van der Waals surface area contributed by atoms with Crippen LogP contribution in [0.2, 0.25) is 0 Å². The summed E-state index contributed by atoms with van der Waals surface area (Å²) in [7, 11) is 1.53. The highest BCUT2D eigenvalue weighted by molar-refractivity contribution is 6.68. The maximum absolute atomic E-state index is 12.7. The zero-order chi connectivity index (χ0) is 19.7. The first-order chi connectivity index (χ1) is 12.0. The monoisotopic (exact) mass is 458 g/mol. The molecule has 0 unspecified atom stereocenters. The van der Waals surface area contributed by atoms with Crippen LogP contribution < -0.4 is 15.4 Å². The first kappa shape index (κ1) is 21.8. The van der Waals surface area contributed by atoms with Crippen molar-refractivity contribution in [3.05, 3.63) is 34.8 Å². The number of carbonyl (C=O) groups is 1. The van der Waals surface area contributed by atoms with Gasteiger partial charge in [-0.2, -0.15) is 0 Å². The topological polar surface area (TPSA) is 50.4 Å². The van der Waals surface area contributed by atoms with Crippen LogP contribution in [-0.2, 0) is 4.79 Å². The molecule has 1 amide bonds. The summed E-state index contributed by atoms with van der Waals surface area (Å²) in [5.41, 5.74) is 0.295. The van der Waals surface area contributed by atoms with E-state index in [-0.39, 0.29) is 27.6 Å². The molecule has 1 fully saturated rings. The number of rotatable bonds is 6. The van der Waals surface area contributed by atoms with Crippen molar-refractivity contribution in [3.63, 3.8) is 0 Å². The van der Waals surface area contributed by atoms with Crippen molar-refractivity contribution in [2.45, 2.75) is 23.8 Å². The second kappa shape index (κ2) is 8.24. The van der Waals surface area contributed by atoms with E-state index in [1.54, 1.807) is 24.3 Å². The van der Waals surface area contributed by atoms with Gasteiger partial charge < -0.3 is 15.4 Å². The van der Waals surface area contributed by atoms with Crippen LogP contribution in [0.5, 0.6) is 5.75 Å². The number of ether oxygens (including phenoxy) is 1. The Morgan fingerprint density at radius 3 is 2.42 bits per heavy atom. The summed E-state index contributed by atoms with van der Waals surface area (Å²) in [5.74, 6) is -0.119. The van der Waals surface area contributed by atoms with Crippen molar-refractivity contribution in [2.24, 2.45) is 17.3 Å². The van der Waals surface area contributed by atoms with Gasteiger partial charge in [-0.3, -0.25) is 4.79 Å². The quantitative estimate of drug-likeness (QED) is 0.435. The van der Waals surface area contributed by atoms with Crippen molar-refractivity contribution < 1.29 is 9.53 Å². The Kier molecular flexibility index (Phi) is 6.90. The molecule has 2 N–H and O–H groups in total. The van der Waals surface area contributed by atoms with Crippen molar-refractivity contribution in [3.8, 4) is 5.75 Å². The summed E-state index contributed by atoms with van der Waals surface area (Å²) in [6.45, 7) is 3.90. The molecule has 1 aromatic rings. The van der Waals surface area contributed by atoms with Gasteiger partial charge in [0.05, 0.1) is 18.7 Å². The minimum Gasteiger partial charge on any atom is -0.495 e. The molecule has 0 aromatic heterocycles. The summed E-state index contributed by atoms with van der Waals surface area (Å²) in [5, 5.41) is 5.78. The first-order valence-electron chi connectivity index (χ1n) is 7.78.